The molecule has 2 N–H and O–H groups in total. The summed E-state index contributed by atoms with van der Waals surface area (Å²) in [6.07, 6.45) is 0.318. The first-order chi connectivity index (χ1) is 10.0. The van der Waals surface area contributed by atoms with Crippen LogP contribution in [0.25, 0.3) is 0 Å². The molecule has 0 bridgehead atoms. The second-order valence-electron chi connectivity index (χ2n) is 4.68. The SMILES string of the molecule is O=C1Cc2ccc(C(=O)Nc3ccc(Br)cc3F)cc2N1. The van der Waals surface area contributed by atoms with Crippen molar-refractivity contribution < 1.29 is 14.0 Å². The first-order valence-electron chi connectivity index (χ1n) is 6.22. The summed E-state index contributed by atoms with van der Waals surface area (Å²) in [6.45, 7) is 0. The third kappa shape index (κ3) is 2.80. The highest BCUT2D eigenvalue weighted by atomic mass is 79.9. The van der Waals surface area contributed by atoms with Crippen LogP contribution >= 0.6 is 15.9 Å². The van der Waals surface area contributed by atoms with Gasteiger partial charge in [-0.25, -0.2) is 4.39 Å². The van der Waals surface area contributed by atoms with E-state index in [0.29, 0.717) is 22.1 Å². The summed E-state index contributed by atoms with van der Waals surface area (Å²) >= 11 is 3.15. The van der Waals surface area contributed by atoms with E-state index in [0.717, 1.165) is 5.56 Å². The number of anilines is 2. The maximum atomic E-state index is 13.7. The van der Waals surface area contributed by atoms with Crippen LogP contribution in [0.2, 0.25) is 0 Å². The molecule has 0 aromatic heterocycles. The topological polar surface area (TPSA) is 58.2 Å². The van der Waals surface area contributed by atoms with Gasteiger partial charge in [0, 0.05) is 15.7 Å². The molecular weight excluding hydrogens is 339 g/mol. The van der Waals surface area contributed by atoms with Crippen LogP contribution in [0.1, 0.15) is 15.9 Å². The molecule has 0 saturated carbocycles. The number of halogens is 2. The molecule has 1 aliphatic heterocycles. The van der Waals surface area contributed by atoms with E-state index in [9.17, 15) is 14.0 Å². The van der Waals surface area contributed by atoms with Gasteiger partial charge >= 0.3 is 0 Å². The minimum Gasteiger partial charge on any atom is -0.326 e. The molecule has 21 heavy (non-hydrogen) atoms. The highest BCUT2D eigenvalue weighted by molar-refractivity contribution is 9.10. The standard InChI is InChI=1S/C15H10BrFN2O2/c16-10-3-4-12(11(17)7-10)19-15(21)9-2-1-8-6-14(20)18-13(8)5-9/h1-5,7H,6H2,(H,18,20)(H,19,21). The van der Waals surface area contributed by atoms with Gasteiger partial charge < -0.3 is 10.6 Å². The average molecular weight is 349 g/mol. The van der Waals surface area contributed by atoms with Crippen molar-refractivity contribution in [2.45, 2.75) is 6.42 Å². The first kappa shape index (κ1) is 13.8. The van der Waals surface area contributed by atoms with Gasteiger partial charge in [0.05, 0.1) is 12.1 Å². The summed E-state index contributed by atoms with van der Waals surface area (Å²) in [6, 6.07) is 9.32. The second kappa shape index (κ2) is 5.29. The number of hydrogen-bond donors (Lipinski definition) is 2. The van der Waals surface area contributed by atoms with Crippen molar-refractivity contribution in [1.82, 2.24) is 0 Å². The van der Waals surface area contributed by atoms with Crippen LogP contribution in [0.4, 0.5) is 15.8 Å². The van der Waals surface area contributed by atoms with Crippen molar-refractivity contribution in [2.75, 3.05) is 10.6 Å². The van der Waals surface area contributed by atoms with Crippen LogP contribution in [0.5, 0.6) is 0 Å². The van der Waals surface area contributed by atoms with Gasteiger partial charge in [-0.2, -0.15) is 0 Å². The van der Waals surface area contributed by atoms with E-state index in [2.05, 4.69) is 26.6 Å². The normalized spacial score (nSPS) is 12.8. The summed E-state index contributed by atoms with van der Waals surface area (Å²) in [5, 5.41) is 5.18. The highest BCUT2D eigenvalue weighted by Crippen LogP contribution is 2.25. The zero-order valence-corrected chi connectivity index (χ0v) is 12.3. The molecule has 0 fully saturated rings. The molecule has 0 atom stereocenters. The maximum absolute atomic E-state index is 13.7. The lowest BCUT2D eigenvalue weighted by molar-refractivity contribution is -0.115. The van der Waals surface area contributed by atoms with Crippen molar-refractivity contribution in [1.29, 1.82) is 0 Å². The minimum atomic E-state index is -0.521. The van der Waals surface area contributed by atoms with Crippen LogP contribution in [0.3, 0.4) is 0 Å². The van der Waals surface area contributed by atoms with Crippen molar-refractivity contribution in [3.8, 4) is 0 Å². The lowest BCUT2D eigenvalue weighted by atomic mass is 10.1. The molecular formula is C15H10BrFN2O2. The molecule has 0 saturated heterocycles. The molecule has 0 unspecified atom stereocenters. The fraction of sp³-hybridized carbons (Fsp3) is 0.0667. The third-order valence-electron chi connectivity index (χ3n) is 3.18. The molecule has 0 radical (unpaired) electrons. The quantitative estimate of drug-likeness (QED) is 0.874. The Kier molecular flexibility index (Phi) is 3.47. The first-order valence-corrected chi connectivity index (χ1v) is 7.01. The molecule has 0 spiro atoms. The number of carbonyl (C=O) groups excluding carboxylic acids is 2. The lowest BCUT2D eigenvalue weighted by Gasteiger charge is -2.08. The monoisotopic (exact) mass is 348 g/mol. The van der Waals surface area contributed by atoms with E-state index in [4.69, 9.17) is 0 Å². The predicted molar refractivity (Wildman–Crippen MR) is 80.8 cm³/mol. The van der Waals surface area contributed by atoms with E-state index in [1.165, 1.54) is 12.1 Å². The van der Waals surface area contributed by atoms with Crippen LogP contribution < -0.4 is 10.6 Å². The Labute approximate surface area is 128 Å². The molecule has 2 aromatic rings. The van der Waals surface area contributed by atoms with Crippen molar-refractivity contribution in [3.05, 3.63) is 57.8 Å². The Balaban J connectivity index is 1.83. The summed E-state index contributed by atoms with van der Waals surface area (Å²) in [5.74, 6) is -1.05. The number of rotatable bonds is 2. The smallest absolute Gasteiger partial charge is 0.255 e. The minimum absolute atomic E-state index is 0.0958. The number of carbonyl (C=O) groups is 2. The Hall–Kier alpha value is -2.21. The Morgan fingerprint density at radius 3 is 2.81 bits per heavy atom. The van der Waals surface area contributed by atoms with E-state index in [1.807, 2.05) is 0 Å². The number of nitrogens with one attached hydrogen (secondary N) is 2. The maximum Gasteiger partial charge on any atom is 0.255 e. The largest absolute Gasteiger partial charge is 0.326 e. The van der Waals surface area contributed by atoms with E-state index in [-0.39, 0.29) is 11.6 Å². The molecule has 2 aromatic carbocycles. The van der Waals surface area contributed by atoms with Crippen LogP contribution in [-0.2, 0) is 11.2 Å². The molecule has 2 amide bonds. The third-order valence-corrected chi connectivity index (χ3v) is 3.67. The summed E-state index contributed by atoms with van der Waals surface area (Å²) in [4.78, 5) is 23.4. The number of fused-ring (bicyclic) bond motifs is 1. The molecule has 1 aliphatic rings. The van der Waals surface area contributed by atoms with E-state index < -0.39 is 11.7 Å². The predicted octanol–water partition coefficient (Wildman–Crippen LogP) is 3.34. The summed E-state index contributed by atoms with van der Waals surface area (Å²) < 4.78 is 14.3. The zero-order valence-electron chi connectivity index (χ0n) is 10.7. The van der Waals surface area contributed by atoms with Crippen LogP contribution in [-0.4, -0.2) is 11.8 Å². The molecule has 6 heteroatoms. The number of benzene rings is 2. The molecule has 106 valence electrons. The summed E-state index contributed by atoms with van der Waals surface area (Å²) in [5.41, 5.74) is 1.95. The van der Waals surface area contributed by atoms with Gasteiger partial charge in [0.1, 0.15) is 5.82 Å². The van der Waals surface area contributed by atoms with Crippen LogP contribution in [0.15, 0.2) is 40.9 Å². The Bertz CT molecular complexity index is 761. The van der Waals surface area contributed by atoms with Gasteiger partial charge in [0.2, 0.25) is 5.91 Å². The van der Waals surface area contributed by atoms with Crippen LogP contribution in [0, 0.1) is 5.82 Å². The zero-order chi connectivity index (χ0) is 15.0. The van der Waals surface area contributed by atoms with E-state index >= 15 is 0 Å². The average Bonchev–Trinajstić information content (AvgIpc) is 2.80. The lowest BCUT2D eigenvalue weighted by Crippen LogP contribution is -2.13. The fourth-order valence-corrected chi connectivity index (χ4v) is 2.47. The van der Waals surface area contributed by atoms with E-state index in [1.54, 1.807) is 24.3 Å². The fourth-order valence-electron chi connectivity index (χ4n) is 2.14. The highest BCUT2D eigenvalue weighted by Gasteiger charge is 2.19. The van der Waals surface area contributed by atoms with Crippen molar-refractivity contribution >= 4 is 39.1 Å². The van der Waals surface area contributed by atoms with Gasteiger partial charge in [0.25, 0.3) is 5.91 Å². The molecule has 3 rings (SSSR count). The number of hydrogen-bond acceptors (Lipinski definition) is 2. The van der Waals surface area contributed by atoms with Crippen molar-refractivity contribution in [3.63, 3.8) is 0 Å². The summed E-state index contributed by atoms with van der Waals surface area (Å²) in [7, 11) is 0. The van der Waals surface area contributed by atoms with Gasteiger partial charge in [-0.05, 0) is 35.9 Å². The Morgan fingerprint density at radius 1 is 1.24 bits per heavy atom. The number of amides is 2. The molecule has 4 nitrogen and oxygen atoms in total. The van der Waals surface area contributed by atoms with Gasteiger partial charge in [-0.3, -0.25) is 9.59 Å². The van der Waals surface area contributed by atoms with Crippen molar-refractivity contribution in [2.24, 2.45) is 0 Å². The second-order valence-corrected chi connectivity index (χ2v) is 5.59. The van der Waals surface area contributed by atoms with Gasteiger partial charge in [0.15, 0.2) is 0 Å². The van der Waals surface area contributed by atoms with Gasteiger partial charge in [-0.15, -0.1) is 0 Å². The van der Waals surface area contributed by atoms with Gasteiger partial charge in [-0.1, -0.05) is 22.0 Å². The molecule has 1 heterocycles. The molecule has 0 aliphatic carbocycles. The Morgan fingerprint density at radius 2 is 2.05 bits per heavy atom.